The lowest BCUT2D eigenvalue weighted by Crippen LogP contribution is -2.19. The molecule has 0 radical (unpaired) electrons. The van der Waals surface area contributed by atoms with Gasteiger partial charge in [-0.15, -0.1) is 0 Å². The van der Waals surface area contributed by atoms with Crippen molar-refractivity contribution in [2.75, 3.05) is 20.3 Å². The molecule has 0 amide bonds. The standard InChI is InChI=1S/C15H24BrNO2/c1-4-5-11(2)15(17)12-6-7-14(13(16)10-12)19-9-8-18-3/h6-7,10-11,15H,4-5,8-9,17H2,1-3H3. The van der Waals surface area contributed by atoms with Crippen LogP contribution in [0.4, 0.5) is 0 Å². The molecule has 0 aliphatic carbocycles. The number of rotatable bonds is 8. The van der Waals surface area contributed by atoms with Crippen LogP contribution in [0.25, 0.3) is 0 Å². The van der Waals surface area contributed by atoms with E-state index in [0.717, 1.165) is 28.6 Å². The maximum absolute atomic E-state index is 6.28. The minimum atomic E-state index is 0.0734. The normalized spacial score (nSPS) is 14.2. The van der Waals surface area contributed by atoms with Gasteiger partial charge in [-0.1, -0.05) is 26.3 Å². The van der Waals surface area contributed by atoms with Gasteiger partial charge in [-0.2, -0.15) is 0 Å². The highest BCUT2D eigenvalue weighted by molar-refractivity contribution is 9.10. The van der Waals surface area contributed by atoms with E-state index in [2.05, 4.69) is 35.8 Å². The molecule has 0 fully saturated rings. The molecule has 2 atom stereocenters. The van der Waals surface area contributed by atoms with Gasteiger partial charge in [0.15, 0.2) is 0 Å². The maximum atomic E-state index is 6.28. The number of hydrogen-bond acceptors (Lipinski definition) is 3. The van der Waals surface area contributed by atoms with Gasteiger partial charge in [-0.05, 0) is 46.0 Å². The molecule has 2 unspecified atom stereocenters. The second kappa shape index (κ2) is 8.56. The van der Waals surface area contributed by atoms with E-state index in [1.807, 2.05) is 12.1 Å². The molecule has 2 N–H and O–H groups in total. The Morgan fingerprint density at radius 2 is 2.05 bits per heavy atom. The Morgan fingerprint density at radius 3 is 2.63 bits per heavy atom. The average molecular weight is 330 g/mol. The van der Waals surface area contributed by atoms with Gasteiger partial charge in [0, 0.05) is 13.2 Å². The molecular formula is C15H24BrNO2. The molecule has 0 bridgehead atoms. The predicted octanol–water partition coefficient (Wildman–Crippen LogP) is 3.91. The zero-order valence-corrected chi connectivity index (χ0v) is 13.6. The number of hydrogen-bond donors (Lipinski definition) is 1. The first-order valence-electron chi connectivity index (χ1n) is 6.76. The number of halogens is 1. The topological polar surface area (TPSA) is 44.5 Å². The van der Waals surface area contributed by atoms with Gasteiger partial charge in [0.05, 0.1) is 11.1 Å². The van der Waals surface area contributed by atoms with E-state index in [1.54, 1.807) is 7.11 Å². The third-order valence-corrected chi connectivity index (χ3v) is 3.86. The first-order chi connectivity index (χ1) is 9.10. The summed E-state index contributed by atoms with van der Waals surface area (Å²) in [5.41, 5.74) is 7.43. The number of methoxy groups -OCH3 is 1. The highest BCUT2D eigenvalue weighted by atomic mass is 79.9. The van der Waals surface area contributed by atoms with Crippen molar-refractivity contribution in [2.45, 2.75) is 32.7 Å². The largest absolute Gasteiger partial charge is 0.490 e. The van der Waals surface area contributed by atoms with Crippen molar-refractivity contribution in [3.05, 3.63) is 28.2 Å². The van der Waals surface area contributed by atoms with Crippen molar-refractivity contribution in [1.29, 1.82) is 0 Å². The van der Waals surface area contributed by atoms with Crippen LogP contribution in [-0.4, -0.2) is 20.3 Å². The highest BCUT2D eigenvalue weighted by Crippen LogP contribution is 2.31. The quantitative estimate of drug-likeness (QED) is 0.735. The molecule has 3 nitrogen and oxygen atoms in total. The van der Waals surface area contributed by atoms with E-state index in [1.165, 1.54) is 0 Å². The Morgan fingerprint density at radius 1 is 1.32 bits per heavy atom. The van der Waals surface area contributed by atoms with Gasteiger partial charge >= 0.3 is 0 Å². The molecule has 0 saturated heterocycles. The Kier molecular flexibility index (Phi) is 7.42. The zero-order valence-electron chi connectivity index (χ0n) is 12.0. The fraction of sp³-hybridized carbons (Fsp3) is 0.600. The van der Waals surface area contributed by atoms with Crippen molar-refractivity contribution in [3.63, 3.8) is 0 Å². The van der Waals surface area contributed by atoms with Crippen molar-refractivity contribution in [3.8, 4) is 5.75 Å². The van der Waals surface area contributed by atoms with Crippen LogP contribution in [-0.2, 0) is 4.74 Å². The van der Waals surface area contributed by atoms with Crippen LogP contribution < -0.4 is 10.5 Å². The first kappa shape index (κ1) is 16.5. The molecule has 0 aliphatic heterocycles. The van der Waals surface area contributed by atoms with Gasteiger partial charge in [0.25, 0.3) is 0 Å². The zero-order chi connectivity index (χ0) is 14.3. The van der Waals surface area contributed by atoms with E-state index in [4.69, 9.17) is 15.2 Å². The maximum Gasteiger partial charge on any atom is 0.133 e. The first-order valence-corrected chi connectivity index (χ1v) is 7.56. The second-order valence-corrected chi connectivity index (χ2v) is 5.68. The average Bonchev–Trinajstić information content (AvgIpc) is 2.40. The van der Waals surface area contributed by atoms with E-state index in [0.29, 0.717) is 19.1 Å². The highest BCUT2D eigenvalue weighted by Gasteiger charge is 2.15. The van der Waals surface area contributed by atoms with Crippen molar-refractivity contribution < 1.29 is 9.47 Å². The summed E-state index contributed by atoms with van der Waals surface area (Å²) in [7, 11) is 1.66. The van der Waals surface area contributed by atoms with Gasteiger partial charge in [-0.25, -0.2) is 0 Å². The Labute approximate surface area is 124 Å². The summed E-state index contributed by atoms with van der Waals surface area (Å²) >= 11 is 3.53. The van der Waals surface area contributed by atoms with Crippen molar-refractivity contribution in [2.24, 2.45) is 11.7 Å². The molecule has 0 aliphatic rings. The monoisotopic (exact) mass is 329 g/mol. The number of nitrogens with two attached hydrogens (primary N) is 1. The van der Waals surface area contributed by atoms with Crippen LogP contribution in [0.2, 0.25) is 0 Å². The summed E-state index contributed by atoms with van der Waals surface area (Å²) in [4.78, 5) is 0. The van der Waals surface area contributed by atoms with Crippen LogP contribution in [0.5, 0.6) is 5.75 Å². The summed E-state index contributed by atoms with van der Waals surface area (Å²) in [5.74, 6) is 1.31. The minimum absolute atomic E-state index is 0.0734. The fourth-order valence-corrected chi connectivity index (χ4v) is 2.55. The number of benzene rings is 1. The van der Waals surface area contributed by atoms with Crippen LogP contribution in [0, 0.1) is 5.92 Å². The van der Waals surface area contributed by atoms with Crippen molar-refractivity contribution in [1.82, 2.24) is 0 Å². The molecule has 0 aromatic heterocycles. The number of ether oxygens (including phenoxy) is 2. The predicted molar refractivity (Wildman–Crippen MR) is 82.5 cm³/mol. The molecule has 1 aromatic carbocycles. The lowest BCUT2D eigenvalue weighted by atomic mass is 9.92. The SMILES string of the molecule is CCCC(C)C(N)c1ccc(OCCOC)c(Br)c1. The third kappa shape index (κ3) is 5.13. The Balaban J connectivity index is 2.70. The second-order valence-electron chi connectivity index (χ2n) is 4.82. The van der Waals surface area contributed by atoms with E-state index >= 15 is 0 Å². The lowest BCUT2D eigenvalue weighted by molar-refractivity contribution is 0.146. The van der Waals surface area contributed by atoms with Gasteiger partial charge in [-0.3, -0.25) is 0 Å². The Hall–Kier alpha value is -0.580. The summed E-state index contributed by atoms with van der Waals surface area (Å²) in [6.45, 7) is 5.52. The molecule has 1 rings (SSSR count). The lowest BCUT2D eigenvalue weighted by Gasteiger charge is -2.20. The van der Waals surface area contributed by atoms with E-state index < -0.39 is 0 Å². The molecule has 1 aromatic rings. The molecule has 108 valence electrons. The van der Waals surface area contributed by atoms with Gasteiger partial charge in [0.2, 0.25) is 0 Å². The minimum Gasteiger partial charge on any atom is -0.490 e. The fourth-order valence-electron chi connectivity index (χ4n) is 2.04. The van der Waals surface area contributed by atoms with Crippen LogP contribution in [0.3, 0.4) is 0 Å². The smallest absolute Gasteiger partial charge is 0.133 e. The molecule has 0 saturated carbocycles. The molecule has 0 spiro atoms. The van der Waals surface area contributed by atoms with Gasteiger partial charge < -0.3 is 15.2 Å². The summed E-state index contributed by atoms with van der Waals surface area (Å²) in [6, 6.07) is 6.14. The van der Waals surface area contributed by atoms with Crippen molar-refractivity contribution >= 4 is 15.9 Å². The van der Waals surface area contributed by atoms with E-state index in [-0.39, 0.29) is 6.04 Å². The summed E-state index contributed by atoms with van der Waals surface area (Å²) in [6.07, 6.45) is 2.30. The molecule has 19 heavy (non-hydrogen) atoms. The van der Waals surface area contributed by atoms with Crippen LogP contribution >= 0.6 is 15.9 Å². The van der Waals surface area contributed by atoms with Crippen LogP contribution in [0.1, 0.15) is 38.3 Å². The molecule has 4 heteroatoms. The Bertz CT molecular complexity index is 384. The summed E-state index contributed by atoms with van der Waals surface area (Å²) in [5, 5.41) is 0. The summed E-state index contributed by atoms with van der Waals surface area (Å²) < 4.78 is 11.5. The molecular weight excluding hydrogens is 306 g/mol. The third-order valence-electron chi connectivity index (χ3n) is 3.24. The molecule has 0 heterocycles. The van der Waals surface area contributed by atoms with Gasteiger partial charge in [0.1, 0.15) is 12.4 Å². The van der Waals surface area contributed by atoms with E-state index in [9.17, 15) is 0 Å². The van der Waals surface area contributed by atoms with Crippen LogP contribution in [0.15, 0.2) is 22.7 Å².